The van der Waals surface area contributed by atoms with E-state index >= 15 is 0 Å². The lowest BCUT2D eigenvalue weighted by atomic mass is 10.2. The monoisotopic (exact) mass is 315 g/mol. The SMILES string of the molecule is Cc1cncc(COc2c(Cl)cc(Cl)cc2CCl)c1. The summed E-state index contributed by atoms with van der Waals surface area (Å²) in [6.45, 7) is 2.37. The number of aryl methyl sites for hydroxylation is 1. The molecule has 0 radical (unpaired) electrons. The van der Waals surface area contributed by atoms with E-state index in [1.807, 2.05) is 13.0 Å². The highest BCUT2D eigenvalue weighted by Gasteiger charge is 2.10. The first-order chi connectivity index (χ1) is 9.10. The maximum Gasteiger partial charge on any atom is 0.142 e. The first-order valence-electron chi connectivity index (χ1n) is 5.67. The van der Waals surface area contributed by atoms with Crippen LogP contribution in [0.4, 0.5) is 0 Å². The summed E-state index contributed by atoms with van der Waals surface area (Å²) in [6, 6.07) is 5.41. The summed E-state index contributed by atoms with van der Waals surface area (Å²) in [6.07, 6.45) is 3.56. The maximum absolute atomic E-state index is 6.13. The van der Waals surface area contributed by atoms with Crippen LogP contribution in [0.2, 0.25) is 10.0 Å². The lowest BCUT2D eigenvalue weighted by Crippen LogP contribution is -1.99. The van der Waals surface area contributed by atoms with E-state index < -0.39 is 0 Å². The van der Waals surface area contributed by atoms with Gasteiger partial charge in [0.15, 0.2) is 0 Å². The van der Waals surface area contributed by atoms with E-state index in [1.165, 1.54) is 0 Å². The molecule has 19 heavy (non-hydrogen) atoms. The number of benzene rings is 1. The zero-order chi connectivity index (χ0) is 13.8. The molecule has 5 heteroatoms. The largest absolute Gasteiger partial charge is 0.487 e. The summed E-state index contributed by atoms with van der Waals surface area (Å²) in [7, 11) is 0. The Bertz CT molecular complexity index is 587. The highest BCUT2D eigenvalue weighted by Crippen LogP contribution is 2.33. The van der Waals surface area contributed by atoms with Crippen molar-refractivity contribution in [2.24, 2.45) is 0 Å². The molecule has 2 nitrogen and oxygen atoms in total. The summed E-state index contributed by atoms with van der Waals surface area (Å²) >= 11 is 17.9. The van der Waals surface area contributed by atoms with Crippen LogP contribution in [0.1, 0.15) is 16.7 Å². The van der Waals surface area contributed by atoms with Crippen molar-refractivity contribution in [1.29, 1.82) is 0 Å². The van der Waals surface area contributed by atoms with Crippen LogP contribution >= 0.6 is 34.8 Å². The fraction of sp³-hybridized carbons (Fsp3) is 0.214. The number of halogens is 3. The van der Waals surface area contributed by atoms with E-state index in [4.69, 9.17) is 39.5 Å². The van der Waals surface area contributed by atoms with E-state index in [0.29, 0.717) is 28.3 Å². The Kier molecular flexibility index (Phi) is 4.92. The molecule has 0 fully saturated rings. The van der Waals surface area contributed by atoms with Crippen LogP contribution in [0.25, 0.3) is 0 Å². The number of hydrogen-bond donors (Lipinski definition) is 0. The number of pyridine rings is 1. The fourth-order valence-electron chi connectivity index (χ4n) is 1.73. The Morgan fingerprint density at radius 2 is 1.95 bits per heavy atom. The van der Waals surface area contributed by atoms with Gasteiger partial charge in [0, 0.05) is 28.5 Å². The number of aromatic nitrogens is 1. The topological polar surface area (TPSA) is 22.1 Å². The summed E-state index contributed by atoms with van der Waals surface area (Å²) in [5.74, 6) is 0.865. The molecule has 2 rings (SSSR count). The highest BCUT2D eigenvalue weighted by atomic mass is 35.5. The Morgan fingerprint density at radius 1 is 1.16 bits per heavy atom. The molecule has 0 unspecified atom stereocenters. The van der Waals surface area contributed by atoms with Crippen LogP contribution in [-0.4, -0.2) is 4.98 Å². The third-order valence-electron chi connectivity index (χ3n) is 2.54. The van der Waals surface area contributed by atoms with E-state index in [2.05, 4.69) is 4.98 Å². The maximum atomic E-state index is 6.13. The van der Waals surface area contributed by atoms with E-state index in [9.17, 15) is 0 Å². The first kappa shape index (κ1) is 14.4. The minimum absolute atomic E-state index is 0.293. The average Bonchev–Trinajstić information content (AvgIpc) is 2.37. The standard InChI is InChI=1S/C14H12Cl3NO/c1-9-2-10(7-18-6-9)8-19-14-11(5-15)3-12(16)4-13(14)17/h2-4,6-7H,5,8H2,1H3. The number of rotatable bonds is 4. The van der Waals surface area contributed by atoms with Gasteiger partial charge in [-0.2, -0.15) is 0 Å². The van der Waals surface area contributed by atoms with Crippen LogP contribution in [-0.2, 0) is 12.5 Å². The minimum Gasteiger partial charge on any atom is -0.487 e. The van der Waals surface area contributed by atoms with Gasteiger partial charge >= 0.3 is 0 Å². The quantitative estimate of drug-likeness (QED) is 0.739. The second-order valence-electron chi connectivity index (χ2n) is 4.17. The molecule has 0 saturated carbocycles. The Hall–Kier alpha value is -0.960. The van der Waals surface area contributed by atoms with E-state index in [1.54, 1.807) is 24.5 Å². The van der Waals surface area contributed by atoms with Crippen molar-refractivity contribution in [1.82, 2.24) is 4.98 Å². The van der Waals surface area contributed by atoms with Crippen molar-refractivity contribution in [3.63, 3.8) is 0 Å². The van der Waals surface area contributed by atoms with Crippen molar-refractivity contribution < 1.29 is 4.74 Å². The molecular weight excluding hydrogens is 305 g/mol. The average molecular weight is 317 g/mol. The van der Waals surface area contributed by atoms with Gasteiger partial charge in [0.05, 0.1) is 10.9 Å². The van der Waals surface area contributed by atoms with Crippen molar-refractivity contribution >= 4 is 34.8 Å². The van der Waals surface area contributed by atoms with Crippen LogP contribution < -0.4 is 4.74 Å². The normalized spacial score (nSPS) is 10.5. The van der Waals surface area contributed by atoms with Gasteiger partial charge < -0.3 is 4.74 Å². The van der Waals surface area contributed by atoms with Crippen molar-refractivity contribution in [3.8, 4) is 5.75 Å². The van der Waals surface area contributed by atoms with Crippen LogP contribution in [0.3, 0.4) is 0 Å². The van der Waals surface area contributed by atoms with Crippen LogP contribution in [0, 0.1) is 6.92 Å². The third-order valence-corrected chi connectivity index (χ3v) is 3.33. The molecule has 100 valence electrons. The van der Waals surface area contributed by atoms with Gasteiger partial charge in [-0.15, -0.1) is 11.6 Å². The van der Waals surface area contributed by atoms with Crippen LogP contribution in [0.5, 0.6) is 5.75 Å². The number of ether oxygens (including phenoxy) is 1. The van der Waals surface area contributed by atoms with Gasteiger partial charge in [-0.3, -0.25) is 4.98 Å². The van der Waals surface area contributed by atoms with Gasteiger partial charge in [0.25, 0.3) is 0 Å². The summed E-state index contributed by atoms with van der Waals surface area (Å²) in [4.78, 5) is 4.12. The summed E-state index contributed by atoms with van der Waals surface area (Å²) in [5.41, 5.74) is 2.84. The van der Waals surface area contributed by atoms with Gasteiger partial charge in [-0.05, 0) is 30.7 Å². The Balaban J connectivity index is 2.19. The lowest BCUT2D eigenvalue weighted by Gasteiger charge is -2.12. The third kappa shape index (κ3) is 3.75. The van der Waals surface area contributed by atoms with E-state index in [-0.39, 0.29) is 0 Å². The molecule has 0 N–H and O–H groups in total. The molecule has 0 bridgehead atoms. The zero-order valence-electron chi connectivity index (χ0n) is 10.3. The molecule has 0 saturated heterocycles. The predicted molar refractivity (Wildman–Crippen MR) is 79.3 cm³/mol. The van der Waals surface area contributed by atoms with Crippen molar-refractivity contribution in [2.75, 3.05) is 0 Å². The first-order valence-corrected chi connectivity index (χ1v) is 6.96. The van der Waals surface area contributed by atoms with Gasteiger partial charge in [-0.25, -0.2) is 0 Å². The number of nitrogens with zero attached hydrogens (tertiary/aromatic N) is 1. The Labute approximate surface area is 127 Å². The predicted octanol–water partition coefficient (Wildman–Crippen LogP) is 5.01. The van der Waals surface area contributed by atoms with Crippen molar-refractivity contribution in [2.45, 2.75) is 19.4 Å². The molecule has 0 aliphatic heterocycles. The molecular formula is C14H12Cl3NO. The molecule has 0 amide bonds. The second-order valence-corrected chi connectivity index (χ2v) is 5.28. The van der Waals surface area contributed by atoms with Gasteiger partial charge in [-0.1, -0.05) is 23.2 Å². The second kappa shape index (κ2) is 6.47. The van der Waals surface area contributed by atoms with Gasteiger partial charge in [0.1, 0.15) is 12.4 Å². The fourth-order valence-corrected chi connectivity index (χ4v) is 2.52. The molecule has 0 aliphatic rings. The molecule has 1 aromatic heterocycles. The summed E-state index contributed by atoms with van der Waals surface area (Å²) in [5, 5.41) is 1.01. The summed E-state index contributed by atoms with van der Waals surface area (Å²) < 4.78 is 5.74. The highest BCUT2D eigenvalue weighted by molar-refractivity contribution is 6.36. The molecule has 0 atom stereocenters. The minimum atomic E-state index is 0.293. The van der Waals surface area contributed by atoms with Gasteiger partial charge in [0.2, 0.25) is 0 Å². The lowest BCUT2D eigenvalue weighted by molar-refractivity contribution is 0.303. The molecule has 0 spiro atoms. The molecule has 0 aliphatic carbocycles. The molecule has 1 aromatic carbocycles. The molecule has 1 heterocycles. The number of alkyl halides is 1. The zero-order valence-corrected chi connectivity index (χ0v) is 12.6. The molecule has 2 aromatic rings. The van der Waals surface area contributed by atoms with Crippen molar-refractivity contribution in [3.05, 3.63) is 57.3 Å². The smallest absolute Gasteiger partial charge is 0.142 e. The Morgan fingerprint density at radius 3 is 2.63 bits per heavy atom. The number of hydrogen-bond acceptors (Lipinski definition) is 2. The van der Waals surface area contributed by atoms with Crippen LogP contribution in [0.15, 0.2) is 30.6 Å². The van der Waals surface area contributed by atoms with E-state index in [0.717, 1.165) is 16.7 Å².